The van der Waals surface area contributed by atoms with Crippen molar-refractivity contribution in [1.82, 2.24) is 0 Å². The zero-order chi connectivity index (χ0) is 11.7. The van der Waals surface area contributed by atoms with Crippen LogP contribution in [0, 0.1) is 13.0 Å². The lowest BCUT2D eigenvalue weighted by Crippen LogP contribution is -1.77. The van der Waals surface area contributed by atoms with Crippen molar-refractivity contribution < 1.29 is 0 Å². The highest BCUT2D eigenvalue weighted by atomic mass is 14.1. The topological polar surface area (TPSA) is 0 Å². The molecule has 2 aliphatic carbocycles. The van der Waals surface area contributed by atoms with Crippen molar-refractivity contribution in [3.05, 3.63) is 72.3 Å². The van der Waals surface area contributed by atoms with E-state index in [2.05, 4.69) is 67.6 Å². The Hall–Kier alpha value is -2.08. The first kappa shape index (κ1) is 10.1. The van der Waals surface area contributed by atoms with Gasteiger partial charge in [-0.15, -0.1) is 0 Å². The summed E-state index contributed by atoms with van der Waals surface area (Å²) in [5, 5.41) is 0. The molecule has 3 rings (SSSR count). The fraction of sp³-hybridized carbons (Fsp3) is 0.0588. The van der Waals surface area contributed by atoms with Gasteiger partial charge in [-0.25, -0.2) is 0 Å². The molecule has 0 saturated heterocycles. The molecule has 0 amide bonds. The highest BCUT2D eigenvalue weighted by Gasteiger charge is 2.09. The molecule has 81 valence electrons. The molecule has 0 N–H and O–H groups in total. The lowest BCUT2D eigenvalue weighted by atomic mass is 10.0. The van der Waals surface area contributed by atoms with Gasteiger partial charge in [-0.1, -0.05) is 60.7 Å². The monoisotopic (exact) mass is 217 g/mol. The van der Waals surface area contributed by atoms with Gasteiger partial charge in [0.05, 0.1) is 0 Å². The third-order valence-corrected chi connectivity index (χ3v) is 2.99. The first-order valence-corrected chi connectivity index (χ1v) is 5.82. The molecule has 2 aliphatic rings. The standard InChI is InChI=1S/C17H13/c1-13-11-15-9-5-6-10-16(17(15)12-13)14-7-3-2-4-8-14/h2-10,12H,1H3. The highest BCUT2D eigenvalue weighted by Crippen LogP contribution is 2.34. The fourth-order valence-electron chi connectivity index (χ4n) is 2.23. The third-order valence-electron chi connectivity index (χ3n) is 2.99. The molecule has 0 unspecified atom stereocenters. The lowest BCUT2D eigenvalue weighted by molar-refractivity contribution is 1.54. The quantitative estimate of drug-likeness (QED) is 0.560. The largest absolute Gasteiger partial charge is 0.0622 e. The molecule has 0 heteroatoms. The summed E-state index contributed by atoms with van der Waals surface area (Å²) in [4.78, 5) is 0. The van der Waals surface area contributed by atoms with E-state index in [1.54, 1.807) is 0 Å². The third kappa shape index (κ3) is 1.83. The Morgan fingerprint density at radius 2 is 1.47 bits per heavy atom. The highest BCUT2D eigenvalue weighted by molar-refractivity contribution is 5.84. The van der Waals surface area contributed by atoms with Gasteiger partial charge < -0.3 is 0 Å². The average molecular weight is 217 g/mol. The molecule has 17 heavy (non-hydrogen) atoms. The molecule has 0 spiro atoms. The zero-order valence-electron chi connectivity index (χ0n) is 9.77. The summed E-state index contributed by atoms with van der Waals surface area (Å²) in [6.07, 6.45) is 0. The Bertz CT molecular complexity index is 608. The predicted molar refractivity (Wildman–Crippen MR) is 72.1 cm³/mol. The van der Waals surface area contributed by atoms with E-state index < -0.39 is 0 Å². The van der Waals surface area contributed by atoms with Crippen molar-refractivity contribution in [1.29, 1.82) is 0 Å². The normalized spacial score (nSPS) is 10.6. The first-order chi connectivity index (χ1) is 8.34. The predicted octanol–water partition coefficient (Wildman–Crippen LogP) is 4.57. The van der Waals surface area contributed by atoms with Gasteiger partial charge in [0.1, 0.15) is 0 Å². The van der Waals surface area contributed by atoms with E-state index in [4.69, 9.17) is 0 Å². The lowest BCUT2D eigenvalue weighted by Gasteiger charge is -2.03. The molecule has 0 bridgehead atoms. The van der Waals surface area contributed by atoms with Gasteiger partial charge >= 0.3 is 0 Å². The molecule has 0 nitrogen and oxygen atoms in total. The summed E-state index contributed by atoms with van der Waals surface area (Å²) < 4.78 is 0. The number of hydrogen-bond acceptors (Lipinski definition) is 0. The Kier molecular flexibility index (Phi) is 2.41. The van der Waals surface area contributed by atoms with Crippen molar-refractivity contribution in [2.45, 2.75) is 6.92 Å². The number of benzene rings is 1. The van der Waals surface area contributed by atoms with Crippen LogP contribution in [0.1, 0.15) is 5.56 Å². The van der Waals surface area contributed by atoms with E-state index >= 15 is 0 Å². The summed E-state index contributed by atoms with van der Waals surface area (Å²) in [5.41, 5.74) is 6.19. The Morgan fingerprint density at radius 3 is 2.29 bits per heavy atom. The van der Waals surface area contributed by atoms with E-state index in [9.17, 15) is 0 Å². The smallest absolute Gasteiger partial charge is 0.00668 e. The molecule has 1 radical (unpaired) electrons. The second-order valence-corrected chi connectivity index (χ2v) is 4.28. The molecule has 1 aromatic carbocycles. The number of rotatable bonds is 1. The van der Waals surface area contributed by atoms with Crippen molar-refractivity contribution in [3.8, 4) is 22.3 Å². The molecular formula is C17H13. The molecule has 0 aromatic heterocycles. The Balaban J connectivity index is 2.29. The Labute approximate surface area is 102 Å². The molecule has 0 saturated carbocycles. The number of fused-ring (bicyclic) bond motifs is 1. The first-order valence-electron chi connectivity index (χ1n) is 5.82. The minimum atomic E-state index is 1.19. The van der Waals surface area contributed by atoms with Gasteiger partial charge in [0.2, 0.25) is 0 Å². The van der Waals surface area contributed by atoms with E-state index in [1.165, 1.54) is 27.8 Å². The van der Waals surface area contributed by atoms with Crippen molar-refractivity contribution >= 4 is 0 Å². The minimum absolute atomic E-state index is 1.19. The molecule has 0 heterocycles. The zero-order valence-corrected chi connectivity index (χ0v) is 9.77. The van der Waals surface area contributed by atoms with Gasteiger partial charge in [0.25, 0.3) is 0 Å². The fourth-order valence-corrected chi connectivity index (χ4v) is 2.23. The maximum atomic E-state index is 3.39. The SMILES string of the molecule is Cc1[c]c2ccccc(-c3ccccc3)c-2c1. The molecule has 0 fully saturated rings. The van der Waals surface area contributed by atoms with Crippen LogP contribution in [0.2, 0.25) is 0 Å². The summed E-state index contributed by atoms with van der Waals surface area (Å²) in [6.45, 7) is 2.09. The number of hydrogen-bond donors (Lipinski definition) is 0. The maximum absolute atomic E-state index is 3.39. The van der Waals surface area contributed by atoms with Gasteiger partial charge in [-0.2, -0.15) is 0 Å². The summed E-state index contributed by atoms with van der Waals surface area (Å²) in [7, 11) is 0. The molecular weight excluding hydrogens is 204 g/mol. The van der Waals surface area contributed by atoms with E-state index in [-0.39, 0.29) is 0 Å². The van der Waals surface area contributed by atoms with Crippen LogP contribution in [0.25, 0.3) is 22.3 Å². The molecule has 0 aliphatic heterocycles. The Morgan fingerprint density at radius 1 is 0.765 bits per heavy atom. The second-order valence-electron chi connectivity index (χ2n) is 4.28. The van der Waals surface area contributed by atoms with Crippen LogP contribution in [-0.4, -0.2) is 0 Å². The van der Waals surface area contributed by atoms with Gasteiger partial charge in [0, 0.05) is 0 Å². The van der Waals surface area contributed by atoms with Gasteiger partial charge in [-0.05, 0) is 40.8 Å². The number of aryl methyl sites for hydroxylation is 1. The van der Waals surface area contributed by atoms with Crippen molar-refractivity contribution in [2.24, 2.45) is 0 Å². The maximum Gasteiger partial charge on any atom is -0.00668 e. The summed E-state index contributed by atoms with van der Waals surface area (Å²) in [5.74, 6) is 0. The van der Waals surface area contributed by atoms with Crippen LogP contribution in [0.3, 0.4) is 0 Å². The van der Waals surface area contributed by atoms with Crippen LogP contribution in [-0.2, 0) is 0 Å². The summed E-state index contributed by atoms with van der Waals surface area (Å²) >= 11 is 0. The minimum Gasteiger partial charge on any atom is -0.0622 e. The van der Waals surface area contributed by atoms with Crippen LogP contribution < -0.4 is 0 Å². The van der Waals surface area contributed by atoms with E-state index in [0.29, 0.717) is 0 Å². The summed E-state index contributed by atoms with van der Waals surface area (Å²) in [6, 6.07) is 24.6. The van der Waals surface area contributed by atoms with Gasteiger partial charge in [0.15, 0.2) is 0 Å². The van der Waals surface area contributed by atoms with Gasteiger partial charge in [-0.3, -0.25) is 0 Å². The second kappa shape index (κ2) is 4.06. The van der Waals surface area contributed by atoms with Crippen LogP contribution in [0.5, 0.6) is 0 Å². The van der Waals surface area contributed by atoms with Crippen molar-refractivity contribution in [2.75, 3.05) is 0 Å². The van der Waals surface area contributed by atoms with E-state index in [1.807, 2.05) is 6.07 Å². The molecule has 1 aromatic rings. The van der Waals surface area contributed by atoms with Crippen LogP contribution in [0.4, 0.5) is 0 Å². The van der Waals surface area contributed by atoms with Crippen LogP contribution >= 0.6 is 0 Å². The van der Waals surface area contributed by atoms with Crippen LogP contribution in [0.15, 0.2) is 60.7 Å². The van der Waals surface area contributed by atoms with Crippen molar-refractivity contribution in [3.63, 3.8) is 0 Å². The average Bonchev–Trinajstić information content (AvgIpc) is 2.61. The molecule has 0 atom stereocenters. The van der Waals surface area contributed by atoms with E-state index in [0.717, 1.165) is 0 Å².